The number of piperazine rings is 1. The Morgan fingerprint density at radius 2 is 1.73 bits per heavy atom. The molecule has 2 aromatic rings. The van der Waals surface area contributed by atoms with E-state index in [0.29, 0.717) is 28.2 Å². The Labute approximate surface area is 167 Å². The summed E-state index contributed by atoms with van der Waals surface area (Å²) in [5.74, 6) is -0.0649. The summed E-state index contributed by atoms with van der Waals surface area (Å²) < 4.78 is 0. The highest BCUT2D eigenvalue weighted by Crippen LogP contribution is 2.39. The van der Waals surface area contributed by atoms with Gasteiger partial charge in [-0.3, -0.25) is 4.79 Å². The molecule has 1 aliphatic rings. The number of nitrogens with zero attached hydrogens (tertiary/aromatic N) is 2. The maximum absolute atomic E-state index is 12.1. The number of hydrogen-bond acceptors (Lipinski definition) is 3. The zero-order chi connectivity index (χ0) is 18.8. The van der Waals surface area contributed by atoms with Crippen LogP contribution in [0.1, 0.15) is 18.5 Å². The molecule has 7 heteroatoms. The molecule has 1 aliphatic heterocycles. The predicted octanol–water partition coefficient (Wildman–Crippen LogP) is 4.42. The summed E-state index contributed by atoms with van der Waals surface area (Å²) in [5.41, 5.74) is 1.77. The highest BCUT2D eigenvalue weighted by atomic mass is 35.5. The van der Waals surface area contributed by atoms with Gasteiger partial charge in [-0.1, -0.05) is 46.9 Å². The summed E-state index contributed by atoms with van der Waals surface area (Å²) >= 11 is 18.5. The molecule has 0 bridgehead atoms. The molecule has 0 radical (unpaired) electrons. The van der Waals surface area contributed by atoms with Crippen LogP contribution in [0.3, 0.4) is 0 Å². The van der Waals surface area contributed by atoms with E-state index in [9.17, 15) is 9.90 Å². The minimum absolute atomic E-state index is 0.0649. The Balaban J connectivity index is 2.09. The summed E-state index contributed by atoms with van der Waals surface area (Å²) in [4.78, 5) is 15.9. The van der Waals surface area contributed by atoms with Gasteiger partial charge in [0.1, 0.15) is 0 Å². The zero-order valence-electron chi connectivity index (χ0n) is 14.2. The molecule has 1 N–H and O–H groups in total. The van der Waals surface area contributed by atoms with Crippen molar-refractivity contribution in [1.29, 1.82) is 0 Å². The minimum Gasteiger partial charge on any atom is -0.394 e. The first-order valence-electron chi connectivity index (χ1n) is 8.27. The van der Waals surface area contributed by atoms with Crippen LogP contribution in [0.2, 0.25) is 15.1 Å². The average molecular weight is 414 g/mol. The van der Waals surface area contributed by atoms with Gasteiger partial charge in [0.25, 0.3) is 0 Å². The van der Waals surface area contributed by atoms with Crippen molar-refractivity contribution >= 4 is 46.4 Å². The Morgan fingerprint density at radius 3 is 2.31 bits per heavy atom. The number of carbonyl (C=O) groups excluding carboxylic acids is 1. The van der Waals surface area contributed by atoms with Crippen LogP contribution in [0.25, 0.3) is 0 Å². The Hall–Kier alpha value is -1.46. The third-order valence-corrected chi connectivity index (χ3v) is 5.49. The normalized spacial score (nSPS) is 20.3. The van der Waals surface area contributed by atoms with E-state index in [1.165, 1.54) is 6.92 Å². The van der Waals surface area contributed by atoms with E-state index in [4.69, 9.17) is 34.8 Å². The second kappa shape index (κ2) is 8.05. The van der Waals surface area contributed by atoms with E-state index in [0.717, 1.165) is 11.3 Å². The Morgan fingerprint density at radius 1 is 1.08 bits per heavy atom. The third-order valence-electron chi connectivity index (χ3n) is 4.70. The van der Waals surface area contributed by atoms with Crippen LogP contribution in [0, 0.1) is 0 Å². The van der Waals surface area contributed by atoms with Crippen LogP contribution < -0.4 is 4.90 Å². The van der Waals surface area contributed by atoms with Crippen LogP contribution in [-0.2, 0) is 4.79 Å². The summed E-state index contributed by atoms with van der Waals surface area (Å²) in [6, 6.07) is 12.1. The molecule has 0 spiro atoms. The van der Waals surface area contributed by atoms with E-state index < -0.39 is 6.04 Å². The standard InChI is InChI=1S/C19H19Cl3N2O2/c1-12(26)23-8-9-24(17-7-6-15(21)10-16(17)22)19(18(23)11-25)13-2-4-14(20)5-3-13/h2-7,10,18-19,25H,8-9,11H2,1H3/t18-,19+/m1/s1. The SMILES string of the molecule is CC(=O)N1CCN(c2ccc(Cl)cc2Cl)[C@@H](c2ccc(Cl)cc2)[C@H]1CO. The quantitative estimate of drug-likeness (QED) is 0.810. The molecule has 1 heterocycles. The number of aliphatic hydroxyl groups is 1. The van der Waals surface area contributed by atoms with Crippen molar-refractivity contribution in [1.82, 2.24) is 4.90 Å². The van der Waals surface area contributed by atoms with Gasteiger partial charge in [-0.05, 0) is 35.9 Å². The van der Waals surface area contributed by atoms with Crippen molar-refractivity contribution < 1.29 is 9.90 Å². The average Bonchev–Trinajstić information content (AvgIpc) is 2.61. The smallest absolute Gasteiger partial charge is 0.219 e. The molecule has 1 saturated heterocycles. The Kier molecular flexibility index (Phi) is 5.98. The number of amides is 1. The molecule has 0 aliphatic carbocycles. The van der Waals surface area contributed by atoms with Gasteiger partial charge in [-0.25, -0.2) is 0 Å². The molecule has 3 rings (SSSR count). The van der Waals surface area contributed by atoms with Gasteiger partial charge >= 0.3 is 0 Å². The van der Waals surface area contributed by atoms with E-state index in [1.807, 2.05) is 18.2 Å². The van der Waals surface area contributed by atoms with Crippen molar-refractivity contribution in [2.45, 2.75) is 19.0 Å². The van der Waals surface area contributed by atoms with Crippen molar-refractivity contribution in [3.8, 4) is 0 Å². The van der Waals surface area contributed by atoms with Crippen molar-refractivity contribution in [2.75, 3.05) is 24.6 Å². The van der Waals surface area contributed by atoms with Crippen LogP contribution in [0.5, 0.6) is 0 Å². The lowest BCUT2D eigenvalue weighted by Crippen LogP contribution is -2.58. The molecule has 26 heavy (non-hydrogen) atoms. The fourth-order valence-corrected chi connectivity index (χ4v) is 4.18. The molecule has 138 valence electrons. The van der Waals surface area contributed by atoms with E-state index in [1.54, 1.807) is 29.2 Å². The largest absolute Gasteiger partial charge is 0.394 e. The summed E-state index contributed by atoms with van der Waals surface area (Å²) in [6.07, 6.45) is 0. The van der Waals surface area contributed by atoms with Gasteiger partial charge < -0.3 is 14.9 Å². The number of benzene rings is 2. The highest BCUT2D eigenvalue weighted by Gasteiger charge is 2.39. The van der Waals surface area contributed by atoms with Gasteiger partial charge in [-0.2, -0.15) is 0 Å². The van der Waals surface area contributed by atoms with Gasteiger partial charge in [0, 0.05) is 30.1 Å². The van der Waals surface area contributed by atoms with Crippen LogP contribution in [0.4, 0.5) is 5.69 Å². The molecule has 0 saturated carbocycles. The van der Waals surface area contributed by atoms with Gasteiger partial charge in [0.15, 0.2) is 0 Å². The number of anilines is 1. The van der Waals surface area contributed by atoms with Crippen LogP contribution >= 0.6 is 34.8 Å². The molecule has 2 aromatic carbocycles. The number of rotatable bonds is 3. The van der Waals surface area contributed by atoms with E-state index in [2.05, 4.69) is 4.90 Å². The topological polar surface area (TPSA) is 43.8 Å². The molecule has 1 amide bonds. The molecular weight excluding hydrogens is 395 g/mol. The molecule has 0 aromatic heterocycles. The van der Waals surface area contributed by atoms with Crippen molar-refractivity contribution in [3.63, 3.8) is 0 Å². The minimum atomic E-state index is -0.394. The first kappa shape index (κ1) is 19.3. The maximum atomic E-state index is 12.1. The van der Waals surface area contributed by atoms with Crippen molar-refractivity contribution in [2.24, 2.45) is 0 Å². The molecule has 1 fully saturated rings. The number of hydrogen-bond donors (Lipinski definition) is 1. The Bertz CT molecular complexity index is 798. The van der Waals surface area contributed by atoms with E-state index >= 15 is 0 Å². The second-order valence-electron chi connectivity index (χ2n) is 6.25. The summed E-state index contributed by atoms with van der Waals surface area (Å²) in [7, 11) is 0. The fraction of sp³-hybridized carbons (Fsp3) is 0.316. The molecule has 0 unspecified atom stereocenters. The van der Waals surface area contributed by atoms with Crippen LogP contribution in [-0.4, -0.2) is 41.7 Å². The lowest BCUT2D eigenvalue weighted by Gasteiger charge is -2.48. The molecule has 2 atom stereocenters. The highest BCUT2D eigenvalue weighted by molar-refractivity contribution is 6.36. The fourth-order valence-electron chi connectivity index (χ4n) is 3.53. The van der Waals surface area contributed by atoms with Gasteiger partial charge in [0.2, 0.25) is 5.91 Å². The van der Waals surface area contributed by atoms with E-state index in [-0.39, 0.29) is 18.6 Å². The molecule has 4 nitrogen and oxygen atoms in total. The third kappa shape index (κ3) is 3.79. The lowest BCUT2D eigenvalue weighted by molar-refractivity contribution is -0.133. The lowest BCUT2D eigenvalue weighted by atomic mass is 9.93. The summed E-state index contributed by atoms with van der Waals surface area (Å²) in [5, 5.41) is 11.8. The maximum Gasteiger partial charge on any atom is 0.219 e. The second-order valence-corrected chi connectivity index (χ2v) is 7.53. The first-order valence-corrected chi connectivity index (χ1v) is 9.41. The summed E-state index contributed by atoms with van der Waals surface area (Å²) in [6.45, 7) is 2.45. The van der Waals surface area contributed by atoms with Gasteiger partial charge in [0.05, 0.1) is 29.4 Å². The predicted molar refractivity (Wildman–Crippen MR) is 106 cm³/mol. The zero-order valence-corrected chi connectivity index (χ0v) is 16.5. The van der Waals surface area contributed by atoms with Gasteiger partial charge in [-0.15, -0.1) is 0 Å². The number of aliphatic hydroxyl groups excluding tert-OH is 1. The molecular formula is C19H19Cl3N2O2. The number of carbonyl (C=O) groups is 1. The number of halogens is 3. The van der Waals surface area contributed by atoms with Crippen molar-refractivity contribution in [3.05, 3.63) is 63.1 Å². The first-order chi connectivity index (χ1) is 12.4. The monoisotopic (exact) mass is 412 g/mol. The van der Waals surface area contributed by atoms with Crippen LogP contribution in [0.15, 0.2) is 42.5 Å².